The molecule has 2 atom stereocenters. The Morgan fingerprint density at radius 2 is 1.91 bits per heavy atom. The molecule has 2 N–H and O–H groups in total. The maximum Gasteiger partial charge on any atom is 0.413 e. The Balaban J connectivity index is 2.77. The van der Waals surface area contributed by atoms with Crippen LogP contribution in [-0.2, 0) is 16.1 Å². The molecule has 0 bridgehead atoms. The van der Waals surface area contributed by atoms with Gasteiger partial charge in [-0.25, -0.2) is 4.79 Å². The summed E-state index contributed by atoms with van der Waals surface area (Å²) in [5.74, 6) is 1.01. The molecule has 7 nitrogen and oxygen atoms in total. The van der Waals surface area contributed by atoms with Gasteiger partial charge in [0.25, 0.3) is 5.91 Å². The Hall–Kier alpha value is -2.28. The molecule has 0 fully saturated rings. The normalized spacial score (nSPS) is 13.0. The molecule has 0 aliphatic rings. The number of likely N-dealkylation sites (N-methyl/N-ethyl adjacent to an activating group) is 1. The van der Waals surface area contributed by atoms with Crippen LogP contribution in [0.3, 0.4) is 0 Å². The van der Waals surface area contributed by atoms with Gasteiger partial charge in [-0.15, -0.1) is 0 Å². The highest BCUT2D eigenvalue weighted by atomic mass is 16.5. The summed E-state index contributed by atoms with van der Waals surface area (Å²) in [5.41, 5.74) is 0.943. The summed E-state index contributed by atoms with van der Waals surface area (Å²) >= 11 is 0. The predicted molar refractivity (Wildman–Crippen MR) is 80.1 cm³/mol. The van der Waals surface area contributed by atoms with Crippen LogP contribution in [0, 0.1) is 0 Å². The van der Waals surface area contributed by atoms with Gasteiger partial charge in [0.2, 0.25) is 0 Å². The van der Waals surface area contributed by atoms with E-state index in [4.69, 9.17) is 9.47 Å². The number of amides is 2. The van der Waals surface area contributed by atoms with Crippen molar-refractivity contribution in [3.63, 3.8) is 0 Å². The summed E-state index contributed by atoms with van der Waals surface area (Å²) in [6, 6.07) is 5.10. The Labute approximate surface area is 130 Å². The lowest BCUT2D eigenvalue weighted by Gasteiger charge is -2.21. The summed E-state index contributed by atoms with van der Waals surface area (Å²) in [6.45, 7) is 2.30. The summed E-state index contributed by atoms with van der Waals surface area (Å²) in [4.78, 5) is 23.9. The third kappa shape index (κ3) is 4.63. The lowest BCUT2D eigenvalue weighted by molar-refractivity contribution is -0.908. The monoisotopic (exact) mass is 311 g/mol. The third-order valence-electron chi connectivity index (χ3n) is 3.51. The van der Waals surface area contributed by atoms with Gasteiger partial charge in [0.05, 0.1) is 28.4 Å². The number of carbonyl (C=O) groups excluding carboxylic acids is 2. The van der Waals surface area contributed by atoms with Gasteiger partial charge in [-0.05, 0) is 19.1 Å². The zero-order valence-electron chi connectivity index (χ0n) is 13.6. The second-order valence-corrected chi connectivity index (χ2v) is 4.90. The van der Waals surface area contributed by atoms with Crippen LogP contribution in [-0.4, -0.2) is 46.4 Å². The van der Waals surface area contributed by atoms with E-state index in [-0.39, 0.29) is 0 Å². The number of carbonyl (C=O) groups is 2. The average Bonchev–Trinajstić information content (AvgIpc) is 2.53. The number of methoxy groups -OCH3 is 3. The zero-order chi connectivity index (χ0) is 16.7. The number of ether oxygens (including phenoxy) is 3. The molecule has 1 aromatic carbocycles. The summed E-state index contributed by atoms with van der Waals surface area (Å²) in [5, 5.41) is 2.17. The highest BCUT2D eigenvalue weighted by molar-refractivity contribution is 5.93. The topological polar surface area (TPSA) is 78.3 Å². The van der Waals surface area contributed by atoms with Crippen molar-refractivity contribution in [2.45, 2.75) is 19.5 Å². The van der Waals surface area contributed by atoms with E-state index in [1.807, 2.05) is 19.2 Å². The SMILES string of the molecule is COC(=O)NC(=O)[C@H](C)[NH+](C)Cc1ccc(OC)cc1OC. The van der Waals surface area contributed by atoms with Crippen LogP contribution in [0.4, 0.5) is 4.79 Å². The van der Waals surface area contributed by atoms with Gasteiger partial charge in [0, 0.05) is 11.6 Å². The van der Waals surface area contributed by atoms with E-state index in [0.29, 0.717) is 18.0 Å². The molecule has 0 saturated heterocycles. The van der Waals surface area contributed by atoms with Gasteiger partial charge in [0.15, 0.2) is 6.04 Å². The summed E-state index contributed by atoms with van der Waals surface area (Å²) < 4.78 is 14.9. The Morgan fingerprint density at radius 1 is 1.23 bits per heavy atom. The molecule has 0 aromatic heterocycles. The van der Waals surface area contributed by atoms with E-state index in [1.54, 1.807) is 27.2 Å². The number of nitrogens with one attached hydrogen (secondary N) is 2. The van der Waals surface area contributed by atoms with Crippen LogP contribution < -0.4 is 19.7 Å². The van der Waals surface area contributed by atoms with Crippen molar-refractivity contribution < 1.29 is 28.7 Å². The van der Waals surface area contributed by atoms with Gasteiger partial charge >= 0.3 is 6.09 Å². The van der Waals surface area contributed by atoms with Crippen LogP contribution in [0.15, 0.2) is 18.2 Å². The number of alkyl carbamates (subject to hydrolysis) is 1. The lowest BCUT2D eigenvalue weighted by atomic mass is 10.1. The van der Waals surface area contributed by atoms with E-state index >= 15 is 0 Å². The maximum atomic E-state index is 11.9. The Bertz CT molecular complexity index is 533. The van der Waals surface area contributed by atoms with E-state index < -0.39 is 18.0 Å². The molecular weight excluding hydrogens is 288 g/mol. The lowest BCUT2D eigenvalue weighted by Crippen LogP contribution is -3.12. The van der Waals surface area contributed by atoms with Crippen molar-refractivity contribution in [1.82, 2.24) is 5.32 Å². The molecule has 7 heteroatoms. The van der Waals surface area contributed by atoms with Gasteiger partial charge in [-0.1, -0.05) is 0 Å². The van der Waals surface area contributed by atoms with E-state index in [9.17, 15) is 9.59 Å². The molecule has 0 saturated carbocycles. The molecule has 122 valence electrons. The molecule has 0 heterocycles. The van der Waals surface area contributed by atoms with Crippen LogP contribution in [0.5, 0.6) is 11.5 Å². The van der Waals surface area contributed by atoms with Crippen molar-refractivity contribution in [1.29, 1.82) is 0 Å². The number of imide groups is 1. The smallest absolute Gasteiger partial charge is 0.413 e. The number of benzene rings is 1. The minimum absolute atomic E-state index is 0.392. The fourth-order valence-electron chi connectivity index (χ4n) is 1.94. The average molecular weight is 311 g/mol. The van der Waals surface area contributed by atoms with E-state index in [1.165, 1.54) is 7.11 Å². The van der Waals surface area contributed by atoms with Gasteiger partial charge in [0.1, 0.15) is 18.0 Å². The van der Waals surface area contributed by atoms with Crippen LogP contribution >= 0.6 is 0 Å². The van der Waals surface area contributed by atoms with E-state index in [2.05, 4.69) is 10.1 Å². The third-order valence-corrected chi connectivity index (χ3v) is 3.51. The van der Waals surface area contributed by atoms with Gasteiger partial charge in [-0.2, -0.15) is 0 Å². The van der Waals surface area contributed by atoms with Crippen molar-refractivity contribution in [2.75, 3.05) is 28.4 Å². The highest BCUT2D eigenvalue weighted by Crippen LogP contribution is 2.23. The zero-order valence-corrected chi connectivity index (χ0v) is 13.6. The summed E-state index contributed by atoms with van der Waals surface area (Å²) in [6.07, 6.45) is -0.758. The molecular formula is C15H23N2O5+. The van der Waals surface area contributed by atoms with Crippen LogP contribution in [0.1, 0.15) is 12.5 Å². The largest absolute Gasteiger partial charge is 0.497 e. The molecule has 0 radical (unpaired) electrons. The Morgan fingerprint density at radius 3 is 2.45 bits per heavy atom. The summed E-state index contributed by atoms with van der Waals surface area (Å²) in [7, 11) is 6.25. The number of hydrogen-bond acceptors (Lipinski definition) is 5. The minimum atomic E-state index is -0.758. The predicted octanol–water partition coefficient (Wildman–Crippen LogP) is -0.0104. The van der Waals surface area contributed by atoms with Crippen molar-refractivity contribution >= 4 is 12.0 Å². The van der Waals surface area contributed by atoms with Gasteiger partial charge in [-0.3, -0.25) is 10.1 Å². The second-order valence-electron chi connectivity index (χ2n) is 4.90. The number of rotatable bonds is 6. The maximum absolute atomic E-state index is 11.9. The quantitative estimate of drug-likeness (QED) is 0.772. The molecule has 1 aromatic rings. The first kappa shape index (κ1) is 17.8. The highest BCUT2D eigenvalue weighted by Gasteiger charge is 2.24. The molecule has 0 aliphatic heterocycles. The minimum Gasteiger partial charge on any atom is -0.497 e. The molecule has 22 heavy (non-hydrogen) atoms. The van der Waals surface area contributed by atoms with Crippen molar-refractivity contribution in [3.8, 4) is 11.5 Å². The number of quaternary nitrogens is 1. The van der Waals surface area contributed by atoms with Crippen LogP contribution in [0.25, 0.3) is 0 Å². The molecule has 2 amide bonds. The fraction of sp³-hybridized carbons (Fsp3) is 0.467. The van der Waals surface area contributed by atoms with E-state index in [0.717, 1.165) is 10.5 Å². The molecule has 1 unspecified atom stereocenters. The van der Waals surface area contributed by atoms with Crippen molar-refractivity contribution in [2.24, 2.45) is 0 Å². The first-order valence-electron chi connectivity index (χ1n) is 6.85. The van der Waals surface area contributed by atoms with Gasteiger partial charge < -0.3 is 19.1 Å². The fourth-order valence-corrected chi connectivity index (χ4v) is 1.94. The molecule has 0 spiro atoms. The first-order valence-corrected chi connectivity index (χ1v) is 6.85. The van der Waals surface area contributed by atoms with Crippen molar-refractivity contribution in [3.05, 3.63) is 23.8 Å². The van der Waals surface area contributed by atoms with Crippen LogP contribution in [0.2, 0.25) is 0 Å². The number of hydrogen-bond donors (Lipinski definition) is 2. The first-order chi connectivity index (χ1) is 10.4. The Kier molecular flexibility index (Phi) is 6.65. The molecule has 0 aliphatic carbocycles. The molecule has 1 rings (SSSR count). The standard InChI is InChI=1S/C15H22N2O5/c1-10(14(18)16-15(19)22-5)17(2)9-11-6-7-12(20-3)8-13(11)21-4/h6-8,10H,9H2,1-5H3,(H,16,18,19)/p+1/t10-/m0/s1. The second kappa shape index (κ2) is 8.23.